The van der Waals surface area contributed by atoms with Crippen LogP contribution in [0.25, 0.3) is 11.3 Å². The molecule has 1 aromatic heterocycles. The molecule has 0 amide bonds. The van der Waals surface area contributed by atoms with Crippen LogP contribution in [0.15, 0.2) is 30.3 Å². The molecule has 0 atom stereocenters. The Kier molecular flexibility index (Phi) is 2.30. The fraction of sp³-hybridized carbons (Fsp3) is 0.357. The standard InChI is InChI=1S/C14H16N2O/c1-10-12(11-5-3-2-4-6-11)16-13(15-10)14(9-17)7-8-14/h2-6,17H,7-9H2,1H3,(H,15,16). The number of aromatic amines is 1. The van der Waals surface area contributed by atoms with Crippen LogP contribution in [-0.4, -0.2) is 21.7 Å². The van der Waals surface area contributed by atoms with Crippen molar-refractivity contribution >= 4 is 0 Å². The van der Waals surface area contributed by atoms with Gasteiger partial charge in [0.25, 0.3) is 0 Å². The van der Waals surface area contributed by atoms with Crippen LogP contribution < -0.4 is 0 Å². The lowest BCUT2D eigenvalue weighted by atomic mass is 10.1. The Hall–Kier alpha value is -1.61. The van der Waals surface area contributed by atoms with Crippen molar-refractivity contribution in [2.24, 2.45) is 0 Å². The molecule has 1 aliphatic carbocycles. The van der Waals surface area contributed by atoms with E-state index in [0.717, 1.165) is 35.6 Å². The lowest BCUT2D eigenvalue weighted by Crippen LogP contribution is -2.13. The maximum atomic E-state index is 9.42. The molecule has 1 heterocycles. The third kappa shape index (κ3) is 1.67. The molecule has 3 rings (SSSR count). The summed E-state index contributed by atoms with van der Waals surface area (Å²) < 4.78 is 0. The molecule has 3 heteroatoms. The highest BCUT2D eigenvalue weighted by atomic mass is 16.3. The molecule has 1 saturated carbocycles. The van der Waals surface area contributed by atoms with Gasteiger partial charge in [-0.2, -0.15) is 0 Å². The second-order valence-corrected chi connectivity index (χ2v) is 4.86. The number of aliphatic hydroxyl groups is 1. The quantitative estimate of drug-likeness (QED) is 0.847. The first-order valence-corrected chi connectivity index (χ1v) is 5.98. The first kappa shape index (κ1) is 10.5. The van der Waals surface area contributed by atoms with Gasteiger partial charge in [0.2, 0.25) is 0 Å². The van der Waals surface area contributed by atoms with Gasteiger partial charge >= 0.3 is 0 Å². The third-order valence-corrected chi connectivity index (χ3v) is 3.59. The van der Waals surface area contributed by atoms with Crippen LogP contribution in [0, 0.1) is 6.92 Å². The van der Waals surface area contributed by atoms with Crippen LogP contribution in [-0.2, 0) is 5.41 Å². The number of aliphatic hydroxyl groups excluding tert-OH is 1. The van der Waals surface area contributed by atoms with E-state index in [2.05, 4.69) is 22.1 Å². The van der Waals surface area contributed by atoms with E-state index in [1.165, 1.54) is 0 Å². The van der Waals surface area contributed by atoms with Gasteiger partial charge in [-0.3, -0.25) is 0 Å². The molecule has 0 spiro atoms. The van der Waals surface area contributed by atoms with E-state index in [1.807, 2.05) is 25.1 Å². The first-order chi connectivity index (χ1) is 8.25. The monoisotopic (exact) mass is 228 g/mol. The SMILES string of the molecule is Cc1[nH]c(C2(CO)CC2)nc1-c1ccccc1. The molecule has 2 N–H and O–H groups in total. The number of nitrogens with one attached hydrogen (secondary N) is 1. The number of benzene rings is 1. The summed E-state index contributed by atoms with van der Waals surface area (Å²) in [5, 5.41) is 9.42. The largest absolute Gasteiger partial charge is 0.395 e. The number of hydrogen-bond donors (Lipinski definition) is 2. The van der Waals surface area contributed by atoms with Gasteiger partial charge in [0.1, 0.15) is 5.82 Å². The maximum Gasteiger partial charge on any atom is 0.115 e. The van der Waals surface area contributed by atoms with Crippen molar-refractivity contribution in [1.82, 2.24) is 9.97 Å². The molecule has 2 aromatic rings. The highest BCUT2D eigenvalue weighted by Crippen LogP contribution is 2.46. The van der Waals surface area contributed by atoms with Gasteiger partial charge in [0, 0.05) is 11.3 Å². The summed E-state index contributed by atoms with van der Waals surface area (Å²) >= 11 is 0. The molecule has 0 aliphatic heterocycles. The van der Waals surface area contributed by atoms with E-state index in [1.54, 1.807) is 0 Å². The van der Waals surface area contributed by atoms with Crippen LogP contribution in [0.4, 0.5) is 0 Å². The maximum absolute atomic E-state index is 9.42. The number of H-pyrrole nitrogens is 1. The van der Waals surface area contributed by atoms with Crippen LogP contribution in [0.2, 0.25) is 0 Å². The van der Waals surface area contributed by atoms with E-state index in [0.29, 0.717) is 0 Å². The molecule has 0 radical (unpaired) electrons. The molecule has 0 unspecified atom stereocenters. The van der Waals surface area contributed by atoms with Crippen molar-refractivity contribution in [3.8, 4) is 11.3 Å². The molecule has 17 heavy (non-hydrogen) atoms. The Morgan fingerprint density at radius 3 is 2.59 bits per heavy atom. The van der Waals surface area contributed by atoms with Crippen LogP contribution in [0.1, 0.15) is 24.4 Å². The summed E-state index contributed by atoms with van der Waals surface area (Å²) in [6, 6.07) is 10.2. The van der Waals surface area contributed by atoms with Crippen molar-refractivity contribution in [1.29, 1.82) is 0 Å². The van der Waals surface area contributed by atoms with Gasteiger partial charge in [-0.25, -0.2) is 4.98 Å². The highest BCUT2D eigenvalue weighted by molar-refractivity contribution is 5.62. The second kappa shape index (κ2) is 3.70. The fourth-order valence-corrected chi connectivity index (χ4v) is 2.21. The van der Waals surface area contributed by atoms with Crippen molar-refractivity contribution in [2.75, 3.05) is 6.61 Å². The topological polar surface area (TPSA) is 48.9 Å². The molecule has 88 valence electrons. The first-order valence-electron chi connectivity index (χ1n) is 5.98. The van der Waals surface area contributed by atoms with E-state index >= 15 is 0 Å². The normalized spacial score (nSPS) is 17.1. The summed E-state index contributed by atoms with van der Waals surface area (Å²) in [5.41, 5.74) is 3.12. The number of aryl methyl sites for hydroxylation is 1. The van der Waals surface area contributed by atoms with Crippen molar-refractivity contribution in [3.63, 3.8) is 0 Å². The number of imidazole rings is 1. The van der Waals surface area contributed by atoms with Crippen molar-refractivity contribution in [3.05, 3.63) is 41.9 Å². The van der Waals surface area contributed by atoms with Gasteiger partial charge < -0.3 is 10.1 Å². The fourth-order valence-electron chi connectivity index (χ4n) is 2.21. The molecule has 0 bridgehead atoms. The summed E-state index contributed by atoms with van der Waals surface area (Å²) in [7, 11) is 0. The predicted molar refractivity (Wildman–Crippen MR) is 66.8 cm³/mol. The smallest absolute Gasteiger partial charge is 0.115 e. The Bertz CT molecular complexity index is 526. The minimum absolute atomic E-state index is 0.0855. The van der Waals surface area contributed by atoms with Crippen LogP contribution in [0.3, 0.4) is 0 Å². The van der Waals surface area contributed by atoms with E-state index in [4.69, 9.17) is 0 Å². The zero-order chi connectivity index (χ0) is 11.9. The number of aromatic nitrogens is 2. The molecular weight excluding hydrogens is 212 g/mol. The third-order valence-electron chi connectivity index (χ3n) is 3.59. The Balaban J connectivity index is 2.03. The molecule has 1 fully saturated rings. The lowest BCUT2D eigenvalue weighted by molar-refractivity contribution is 0.250. The van der Waals surface area contributed by atoms with Crippen molar-refractivity contribution in [2.45, 2.75) is 25.2 Å². The minimum Gasteiger partial charge on any atom is -0.395 e. The molecule has 3 nitrogen and oxygen atoms in total. The molecular formula is C14H16N2O. The van der Waals surface area contributed by atoms with E-state index < -0.39 is 0 Å². The van der Waals surface area contributed by atoms with Gasteiger partial charge in [-0.1, -0.05) is 30.3 Å². The predicted octanol–water partition coefficient (Wildman–Crippen LogP) is 2.41. The zero-order valence-electron chi connectivity index (χ0n) is 9.90. The minimum atomic E-state index is -0.0855. The van der Waals surface area contributed by atoms with Gasteiger partial charge in [-0.05, 0) is 19.8 Å². The zero-order valence-corrected chi connectivity index (χ0v) is 9.90. The van der Waals surface area contributed by atoms with Gasteiger partial charge in [0.15, 0.2) is 0 Å². The number of rotatable bonds is 3. The molecule has 1 aromatic carbocycles. The number of hydrogen-bond acceptors (Lipinski definition) is 2. The summed E-state index contributed by atoms with van der Waals surface area (Å²) in [4.78, 5) is 8.00. The summed E-state index contributed by atoms with van der Waals surface area (Å²) in [6.07, 6.45) is 2.06. The lowest BCUT2D eigenvalue weighted by Gasteiger charge is -2.06. The molecule has 0 saturated heterocycles. The second-order valence-electron chi connectivity index (χ2n) is 4.86. The molecule has 1 aliphatic rings. The average Bonchev–Trinajstić information content (AvgIpc) is 3.08. The summed E-state index contributed by atoms with van der Waals surface area (Å²) in [6.45, 7) is 2.22. The van der Waals surface area contributed by atoms with Crippen LogP contribution >= 0.6 is 0 Å². The van der Waals surface area contributed by atoms with E-state index in [9.17, 15) is 5.11 Å². The van der Waals surface area contributed by atoms with E-state index in [-0.39, 0.29) is 12.0 Å². The van der Waals surface area contributed by atoms with Gasteiger partial charge in [-0.15, -0.1) is 0 Å². The average molecular weight is 228 g/mol. The Morgan fingerprint density at radius 1 is 1.29 bits per heavy atom. The van der Waals surface area contributed by atoms with Crippen LogP contribution in [0.5, 0.6) is 0 Å². The highest BCUT2D eigenvalue weighted by Gasteiger charge is 2.46. The van der Waals surface area contributed by atoms with Crippen molar-refractivity contribution < 1.29 is 5.11 Å². The Morgan fingerprint density at radius 2 is 2.00 bits per heavy atom. The summed E-state index contributed by atoms with van der Waals surface area (Å²) in [5.74, 6) is 0.941. The van der Waals surface area contributed by atoms with Gasteiger partial charge in [0.05, 0.1) is 17.7 Å². The Labute approximate surface area is 101 Å². The number of nitrogens with zero attached hydrogens (tertiary/aromatic N) is 1.